The Labute approximate surface area is 176 Å². The van der Waals surface area contributed by atoms with E-state index in [2.05, 4.69) is 58.6 Å². The number of nitrogens with one attached hydrogen (secondary N) is 2. The van der Waals surface area contributed by atoms with Crippen molar-refractivity contribution < 1.29 is 4.74 Å². The van der Waals surface area contributed by atoms with Gasteiger partial charge in [-0.3, -0.25) is 9.89 Å². The normalized spacial score (nSPS) is 29.6. The van der Waals surface area contributed by atoms with Crippen molar-refractivity contribution in [2.75, 3.05) is 26.7 Å². The molecule has 0 bridgehead atoms. The minimum absolute atomic E-state index is 0.156. The Balaban J connectivity index is 1.35. The van der Waals surface area contributed by atoms with Crippen LogP contribution in [-0.2, 0) is 17.8 Å². The highest BCUT2D eigenvalue weighted by Gasteiger charge is 2.59. The first-order valence-electron chi connectivity index (χ1n) is 11.5. The molecule has 1 aromatic rings. The molecular weight excluding hydrogens is 360 g/mol. The lowest BCUT2D eigenvalue weighted by Crippen LogP contribution is -2.67. The second-order valence-electron chi connectivity index (χ2n) is 9.57. The summed E-state index contributed by atoms with van der Waals surface area (Å²) in [6.07, 6.45) is 6.98. The van der Waals surface area contributed by atoms with Crippen LogP contribution in [0.15, 0.2) is 29.3 Å². The number of likely N-dealkylation sites (tertiary alicyclic amines) is 1. The molecule has 5 nitrogen and oxygen atoms in total. The molecule has 1 aliphatic carbocycles. The molecule has 4 rings (SSSR count). The van der Waals surface area contributed by atoms with E-state index in [1.54, 1.807) is 0 Å². The number of ether oxygens (including phenoxy) is 1. The molecule has 3 unspecified atom stereocenters. The zero-order chi connectivity index (χ0) is 20.3. The Bertz CT molecular complexity index is 709. The van der Waals surface area contributed by atoms with Gasteiger partial charge in [-0.05, 0) is 43.5 Å². The monoisotopic (exact) mass is 398 g/mol. The minimum Gasteiger partial charge on any atom is -0.377 e. The van der Waals surface area contributed by atoms with Crippen LogP contribution in [-0.4, -0.2) is 49.7 Å². The molecule has 0 radical (unpaired) electrons. The summed E-state index contributed by atoms with van der Waals surface area (Å²) >= 11 is 0. The molecule has 3 fully saturated rings. The Morgan fingerprint density at radius 1 is 1.14 bits per heavy atom. The van der Waals surface area contributed by atoms with Crippen LogP contribution in [0.3, 0.4) is 0 Å². The highest BCUT2D eigenvalue weighted by Crippen LogP contribution is 2.52. The van der Waals surface area contributed by atoms with E-state index >= 15 is 0 Å². The number of benzene rings is 1. The fourth-order valence-electron chi connectivity index (χ4n) is 5.56. The molecule has 2 heterocycles. The number of aliphatic imine (C=N–C) groups is 1. The van der Waals surface area contributed by atoms with Crippen LogP contribution in [0.5, 0.6) is 0 Å². The van der Waals surface area contributed by atoms with Gasteiger partial charge in [0, 0.05) is 44.1 Å². The maximum Gasteiger partial charge on any atom is 0.191 e. The van der Waals surface area contributed by atoms with E-state index in [0.29, 0.717) is 18.1 Å². The average molecular weight is 399 g/mol. The van der Waals surface area contributed by atoms with Gasteiger partial charge in [-0.25, -0.2) is 0 Å². The first-order chi connectivity index (χ1) is 14.1. The zero-order valence-electron chi connectivity index (χ0n) is 18.4. The lowest BCUT2D eigenvalue weighted by Gasteiger charge is -2.54. The van der Waals surface area contributed by atoms with Crippen molar-refractivity contribution in [2.45, 2.75) is 71.2 Å². The summed E-state index contributed by atoms with van der Waals surface area (Å²) in [6.45, 7) is 9.83. The minimum atomic E-state index is 0.156. The van der Waals surface area contributed by atoms with E-state index in [-0.39, 0.29) is 5.41 Å². The molecule has 2 N–H and O–H groups in total. The van der Waals surface area contributed by atoms with Gasteiger partial charge in [-0.2, -0.15) is 0 Å². The third kappa shape index (κ3) is 4.46. The zero-order valence-corrected chi connectivity index (χ0v) is 18.4. The first-order valence-corrected chi connectivity index (χ1v) is 11.5. The molecule has 0 spiro atoms. The van der Waals surface area contributed by atoms with Gasteiger partial charge in [0.05, 0.1) is 6.10 Å². The molecular formula is C24H38N4O. The summed E-state index contributed by atoms with van der Waals surface area (Å²) in [5.74, 6) is 1.51. The number of fused-ring (bicyclic) bond motifs is 1. The molecule has 0 amide bonds. The molecule has 1 saturated carbocycles. The molecule has 3 aliphatic rings. The summed E-state index contributed by atoms with van der Waals surface area (Å²) in [6, 6.07) is 9.28. The summed E-state index contributed by atoms with van der Waals surface area (Å²) in [5.41, 5.74) is 2.96. The van der Waals surface area contributed by atoms with Crippen LogP contribution in [0.4, 0.5) is 0 Å². The Kier molecular flexibility index (Phi) is 6.45. The molecule has 0 aromatic heterocycles. The van der Waals surface area contributed by atoms with Crippen LogP contribution < -0.4 is 10.6 Å². The van der Waals surface area contributed by atoms with Gasteiger partial charge in [0.1, 0.15) is 0 Å². The number of hydrogen-bond donors (Lipinski definition) is 2. The van der Waals surface area contributed by atoms with Crippen molar-refractivity contribution in [3.63, 3.8) is 0 Å². The maximum absolute atomic E-state index is 5.93. The van der Waals surface area contributed by atoms with Crippen molar-refractivity contribution in [3.05, 3.63) is 35.4 Å². The average Bonchev–Trinajstić information content (AvgIpc) is 3.03. The van der Waals surface area contributed by atoms with Crippen LogP contribution >= 0.6 is 0 Å². The second-order valence-corrected chi connectivity index (χ2v) is 9.57. The van der Waals surface area contributed by atoms with Gasteiger partial charge in [0.2, 0.25) is 0 Å². The van der Waals surface area contributed by atoms with Crippen molar-refractivity contribution in [1.82, 2.24) is 15.5 Å². The molecule has 29 heavy (non-hydrogen) atoms. The summed E-state index contributed by atoms with van der Waals surface area (Å²) in [7, 11) is 1.87. The predicted molar refractivity (Wildman–Crippen MR) is 119 cm³/mol. The van der Waals surface area contributed by atoms with Gasteiger partial charge in [-0.15, -0.1) is 0 Å². The van der Waals surface area contributed by atoms with Gasteiger partial charge < -0.3 is 15.4 Å². The van der Waals surface area contributed by atoms with Gasteiger partial charge in [-0.1, -0.05) is 51.0 Å². The highest BCUT2D eigenvalue weighted by atomic mass is 16.5. The van der Waals surface area contributed by atoms with Gasteiger partial charge in [0.15, 0.2) is 5.96 Å². The van der Waals surface area contributed by atoms with Crippen molar-refractivity contribution in [2.24, 2.45) is 16.3 Å². The Morgan fingerprint density at radius 2 is 1.86 bits per heavy atom. The fourth-order valence-corrected chi connectivity index (χ4v) is 5.56. The van der Waals surface area contributed by atoms with E-state index in [1.165, 1.54) is 49.9 Å². The van der Waals surface area contributed by atoms with E-state index < -0.39 is 0 Å². The SMILES string of the molecule is CN=C(NCc1ccccc1CN1CCCCCC1)NC1C2CCOC2C1(C)C. The topological polar surface area (TPSA) is 48.9 Å². The Hall–Kier alpha value is -1.59. The smallest absolute Gasteiger partial charge is 0.191 e. The quantitative estimate of drug-likeness (QED) is 0.588. The Morgan fingerprint density at radius 3 is 2.59 bits per heavy atom. The first kappa shape index (κ1) is 20.7. The molecule has 2 saturated heterocycles. The van der Waals surface area contributed by atoms with E-state index in [9.17, 15) is 0 Å². The van der Waals surface area contributed by atoms with Crippen molar-refractivity contribution >= 4 is 5.96 Å². The van der Waals surface area contributed by atoms with Crippen molar-refractivity contribution in [1.29, 1.82) is 0 Å². The molecule has 3 atom stereocenters. The summed E-state index contributed by atoms with van der Waals surface area (Å²) in [4.78, 5) is 7.13. The van der Waals surface area contributed by atoms with Gasteiger partial charge in [0.25, 0.3) is 0 Å². The molecule has 1 aromatic carbocycles. The molecule has 160 valence electrons. The lowest BCUT2D eigenvalue weighted by atomic mass is 9.57. The van der Waals surface area contributed by atoms with Crippen LogP contribution in [0, 0.1) is 11.3 Å². The summed E-state index contributed by atoms with van der Waals surface area (Å²) in [5, 5.41) is 7.26. The highest BCUT2D eigenvalue weighted by molar-refractivity contribution is 5.80. The van der Waals surface area contributed by atoms with Gasteiger partial charge >= 0.3 is 0 Å². The second kappa shape index (κ2) is 9.05. The standard InChI is InChI=1S/C24H38N4O/c1-24(2)21(20-12-15-29-22(20)24)27-23(25-3)26-16-18-10-6-7-11-19(18)17-28-13-8-4-5-9-14-28/h6-7,10-11,20-22H,4-5,8-9,12-17H2,1-3H3,(H2,25,26,27). The number of guanidine groups is 1. The number of hydrogen-bond acceptors (Lipinski definition) is 3. The predicted octanol–water partition coefficient (Wildman–Crippen LogP) is 3.54. The fraction of sp³-hybridized carbons (Fsp3) is 0.708. The summed E-state index contributed by atoms with van der Waals surface area (Å²) < 4.78 is 5.93. The van der Waals surface area contributed by atoms with E-state index in [4.69, 9.17) is 4.74 Å². The number of rotatable bonds is 5. The van der Waals surface area contributed by atoms with E-state index in [1.807, 2.05) is 7.05 Å². The maximum atomic E-state index is 5.93. The third-order valence-corrected chi connectivity index (χ3v) is 7.27. The van der Waals surface area contributed by atoms with Crippen LogP contribution in [0.25, 0.3) is 0 Å². The van der Waals surface area contributed by atoms with Crippen molar-refractivity contribution in [3.8, 4) is 0 Å². The lowest BCUT2D eigenvalue weighted by molar-refractivity contribution is -0.106. The molecule has 5 heteroatoms. The van der Waals surface area contributed by atoms with E-state index in [0.717, 1.165) is 32.1 Å². The van der Waals surface area contributed by atoms with Crippen LogP contribution in [0.1, 0.15) is 57.1 Å². The molecule has 2 aliphatic heterocycles. The third-order valence-electron chi connectivity index (χ3n) is 7.27. The largest absolute Gasteiger partial charge is 0.377 e. The number of nitrogens with zero attached hydrogens (tertiary/aromatic N) is 2. The van der Waals surface area contributed by atoms with Crippen LogP contribution in [0.2, 0.25) is 0 Å².